The Morgan fingerprint density at radius 3 is 2.14 bits per heavy atom. The van der Waals surface area contributed by atoms with E-state index >= 15 is 0 Å². The van der Waals surface area contributed by atoms with Gasteiger partial charge in [-0.2, -0.15) is 0 Å². The van der Waals surface area contributed by atoms with Crippen LogP contribution in [-0.4, -0.2) is 44.8 Å². The maximum Gasteiger partial charge on any atom is 0.264 e. The Labute approximate surface area is 232 Å². The number of carbonyl (C=O) groups is 2. The third kappa shape index (κ3) is 6.57. The van der Waals surface area contributed by atoms with E-state index in [4.69, 9.17) is 34.8 Å². The summed E-state index contributed by atoms with van der Waals surface area (Å²) < 4.78 is 28.5. The first-order valence-electron chi connectivity index (χ1n) is 11.2. The number of halogens is 3. The molecule has 196 valence electrons. The number of likely N-dealkylation sites (N-methyl/N-ethyl adjacent to an activating group) is 1. The van der Waals surface area contributed by atoms with Gasteiger partial charge in [-0.1, -0.05) is 59.1 Å². The molecular formula is C26H26Cl3N3O4S. The van der Waals surface area contributed by atoms with Gasteiger partial charge in [0.25, 0.3) is 10.0 Å². The number of hydrogen-bond acceptors (Lipinski definition) is 4. The second-order valence-electron chi connectivity index (χ2n) is 8.27. The Kier molecular flexibility index (Phi) is 9.47. The minimum atomic E-state index is -4.17. The third-order valence-corrected chi connectivity index (χ3v) is 8.56. The zero-order valence-corrected chi connectivity index (χ0v) is 23.5. The maximum absolute atomic E-state index is 13.8. The van der Waals surface area contributed by atoms with Crippen molar-refractivity contribution in [2.24, 2.45) is 0 Å². The van der Waals surface area contributed by atoms with Crippen molar-refractivity contribution in [1.29, 1.82) is 0 Å². The zero-order valence-electron chi connectivity index (χ0n) is 20.4. The highest BCUT2D eigenvalue weighted by molar-refractivity contribution is 7.92. The molecule has 0 heterocycles. The fraction of sp³-hybridized carbons (Fsp3) is 0.231. The van der Waals surface area contributed by atoms with Gasteiger partial charge in [0, 0.05) is 34.2 Å². The summed E-state index contributed by atoms with van der Waals surface area (Å²) in [4.78, 5) is 27.6. The third-order valence-electron chi connectivity index (χ3n) is 5.84. The van der Waals surface area contributed by atoms with Gasteiger partial charge >= 0.3 is 0 Å². The summed E-state index contributed by atoms with van der Waals surface area (Å²) in [6, 6.07) is 16.5. The van der Waals surface area contributed by atoms with Crippen LogP contribution < -0.4 is 9.62 Å². The van der Waals surface area contributed by atoms with Crippen LogP contribution in [0.25, 0.3) is 0 Å². The van der Waals surface area contributed by atoms with E-state index in [0.29, 0.717) is 26.2 Å². The summed E-state index contributed by atoms with van der Waals surface area (Å²) in [6.07, 6.45) is 0. The Morgan fingerprint density at radius 1 is 0.946 bits per heavy atom. The monoisotopic (exact) mass is 581 g/mol. The van der Waals surface area contributed by atoms with Crippen LogP contribution in [0.2, 0.25) is 15.1 Å². The van der Waals surface area contributed by atoms with E-state index in [2.05, 4.69) is 5.32 Å². The number of benzene rings is 3. The van der Waals surface area contributed by atoms with Crippen LogP contribution in [-0.2, 0) is 26.2 Å². The van der Waals surface area contributed by atoms with Crippen LogP contribution in [0.1, 0.15) is 18.1 Å². The lowest BCUT2D eigenvalue weighted by Crippen LogP contribution is -2.50. The molecular weight excluding hydrogens is 557 g/mol. The zero-order chi connectivity index (χ0) is 27.3. The molecule has 3 aromatic rings. The lowest BCUT2D eigenvalue weighted by molar-refractivity contribution is -0.139. The van der Waals surface area contributed by atoms with Crippen LogP contribution in [0.4, 0.5) is 5.69 Å². The number of hydrogen-bond donors (Lipinski definition) is 1. The van der Waals surface area contributed by atoms with Gasteiger partial charge < -0.3 is 10.2 Å². The molecule has 0 saturated heterocycles. The number of nitrogens with one attached hydrogen (secondary N) is 1. The first-order chi connectivity index (χ1) is 17.5. The van der Waals surface area contributed by atoms with Crippen molar-refractivity contribution in [1.82, 2.24) is 10.2 Å². The Morgan fingerprint density at radius 2 is 1.57 bits per heavy atom. The van der Waals surface area contributed by atoms with Gasteiger partial charge in [0.1, 0.15) is 12.6 Å². The van der Waals surface area contributed by atoms with Crippen LogP contribution in [0.5, 0.6) is 0 Å². The van der Waals surface area contributed by atoms with E-state index in [-0.39, 0.29) is 17.1 Å². The van der Waals surface area contributed by atoms with Crippen molar-refractivity contribution in [3.8, 4) is 0 Å². The van der Waals surface area contributed by atoms with Gasteiger partial charge in [0.2, 0.25) is 11.8 Å². The molecule has 0 fully saturated rings. The van der Waals surface area contributed by atoms with Crippen molar-refractivity contribution in [3.05, 3.63) is 92.9 Å². The number of rotatable bonds is 9. The fourth-order valence-corrected chi connectivity index (χ4v) is 6.02. The minimum absolute atomic E-state index is 0.0113. The number of sulfonamides is 1. The number of carbonyl (C=O) groups excluding carboxylic acids is 2. The molecule has 37 heavy (non-hydrogen) atoms. The normalized spacial score (nSPS) is 12.1. The molecule has 0 spiro atoms. The van der Waals surface area contributed by atoms with Crippen molar-refractivity contribution in [3.63, 3.8) is 0 Å². The topological polar surface area (TPSA) is 86.8 Å². The van der Waals surface area contributed by atoms with Crippen LogP contribution in [0.3, 0.4) is 0 Å². The van der Waals surface area contributed by atoms with Gasteiger partial charge in [-0.05, 0) is 61.9 Å². The molecule has 1 unspecified atom stereocenters. The quantitative estimate of drug-likeness (QED) is 0.370. The summed E-state index contributed by atoms with van der Waals surface area (Å²) >= 11 is 18.8. The first kappa shape index (κ1) is 28.8. The average molecular weight is 583 g/mol. The lowest BCUT2D eigenvalue weighted by atomic mass is 10.1. The van der Waals surface area contributed by atoms with Crippen molar-refractivity contribution < 1.29 is 18.0 Å². The van der Waals surface area contributed by atoms with Crippen LogP contribution in [0, 0.1) is 6.92 Å². The Bertz CT molecular complexity index is 1380. The predicted molar refractivity (Wildman–Crippen MR) is 148 cm³/mol. The molecule has 0 saturated carbocycles. The van der Waals surface area contributed by atoms with E-state index in [9.17, 15) is 18.0 Å². The van der Waals surface area contributed by atoms with E-state index in [1.807, 2.05) is 0 Å². The summed E-state index contributed by atoms with van der Waals surface area (Å²) in [6.45, 7) is 2.56. The summed E-state index contributed by atoms with van der Waals surface area (Å²) in [5, 5.41) is 3.58. The molecule has 0 aliphatic carbocycles. The molecule has 0 aliphatic rings. The second kappa shape index (κ2) is 12.2. The Hall–Kier alpha value is -2.78. The molecule has 0 aliphatic heterocycles. The number of aryl methyl sites for hydroxylation is 1. The van der Waals surface area contributed by atoms with Gasteiger partial charge in [-0.25, -0.2) is 8.42 Å². The van der Waals surface area contributed by atoms with Crippen molar-refractivity contribution in [2.45, 2.75) is 31.3 Å². The highest BCUT2D eigenvalue weighted by Crippen LogP contribution is 2.30. The van der Waals surface area contributed by atoms with Gasteiger partial charge in [0.05, 0.1) is 10.6 Å². The van der Waals surface area contributed by atoms with Gasteiger partial charge in [0.15, 0.2) is 0 Å². The molecule has 1 atom stereocenters. The first-order valence-corrected chi connectivity index (χ1v) is 13.8. The molecule has 3 rings (SSSR count). The molecule has 0 aromatic heterocycles. The molecule has 7 nitrogen and oxygen atoms in total. The van der Waals surface area contributed by atoms with E-state index in [1.54, 1.807) is 68.4 Å². The second-order valence-corrected chi connectivity index (χ2v) is 11.4. The van der Waals surface area contributed by atoms with Crippen molar-refractivity contribution in [2.75, 3.05) is 17.9 Å². The van der Waals surface area contributed by atoms with Crippen LogP contribution >= 0.6 is 34.8 Å². The lowest BCUT2D eigenvalue weighted by Gasteiger charge is -2.32. The summed E-state index contributed by atoms with van der Waals surface area (Å²) in [5.74, 6) is -1.06. The van der Waals surface area contributed by atoms with Crippen LogP contribution in [0.15, 0.2) is 71.6 Å². The van der Waals surface area contributed by atoms with Gasteiger partial charge in [-0.15, -0.1) is 0 Å². The highest BCUT2D eigenvalue weighted by Gasteiger charge is 2.33. The Balaban J connectivity index is 2.09. The standard InChI is InChI=1S/C26H26Cl3N3O4S/c1-17-14-19(27)12-13-24(17)32(37(35,36)20-8-5-4-6-9-20)16-25(33)31(18(2)26(34)30-3)15-21-22(28)10-7-11-23(21)29/h4-14,18H,15-16H2,1-3H3,(H,30,34). The molecule has 0 radical (unpaired) electrons. The predicted octanol–water partition coefficient (Wildman–Crippen LogP) is 5.31. The molecule has 11 heteroatoms. The average Bonchev–Trinajstić information content (AvgIpc) is 2.87. The van der Waals surface area contributed by atoms with E-state index in [0.717, 1.165) is 4.31 Å². The molecule has 0 bridgehead atoms. The molecule has 3 aromatic carbocycles. The minimum Gasteiger partial charge on any atom is -0.357 e. The number of nitrogens with zero attached hydrogens (tertiary/aromatic N) is 2. The molecule has 2 amide bonds. The smallest absolute Gasteiger partial charge is 0.264 e. The van der Waals surface area contributed by atoms with E-state index < -0.39 is 34.4 Å². The largest absolute Gasteiger partial charge is 0.357 e. The van der Waals surface area contributed by atoms with Gasteiger partial charge in [-0.3, -0.25) is 13.9 Å². The van der Waals surface area contributed by atoms with E-state index in [1.165, 1.54) is 24.1 Å². The van der Waals surface area contributed by atoms with Crippen molar-refractivity contribution >= 4 is 62.3 Å². The summed E-state index contributed by atoms with van der Waals surface area (Å²) in [7, 11) is -2.72. The highest BCUT2D eigenvalue weighted by atomic mass is 35.5. The number of amides is 2. The molecule has 1 N–H and O–H groups in total. The fourth-order valence-electron chi connectivity index (χ4n) is 3.78. The maximum atomic E-state index is 13.8. The summed E-state index contributed by atoms with van der Waals surface area (Å²) in [5.41, 5.74) is 1.28. The number of anilines is 1. The SMILES string of the molecule is CNC(=O)C(C)N(Cc1c(Cl)cccc1Cl)C(=O)CN(c1ccc(Cl)cc1C)S(=O)(=O)c1ccccc1.